The molecular weight excluding hydrogens is 662 g/mol. The van der Waals surface area contributed by atoms with Gasteiger partial charge in [-0.1, -0.05) is 0 Å². The molecule has 0 fully saturated rings. The Morgan fingerprint density at radius 1 is 0.480 bits per heavy atom. The van der Waals surface area contributed by atoms with Crippen LogP contribution in [0, 0.1) is 11.6 Å². The molecule has 0 spiro atoms. The molecule has 268 valence electrons. The predicted octanol–water partition coefficient (Wildman–Crippen LogP) is 6.87. The van der Waals surface area contributed by atoms with Crippen LogP contribution < -0.4 is 9.47 Å². The van der Waals surface area contributed by atoms with Crippen molar-refractivity contribution in [2.24, 2.45) is 0 Å². The van der Waals surface area contributed by atoms with Crippen LogP contribution in [0.5, 0.6) is 23.0 Å². The number of rotatable bonds is 12. The van der Waals surface area contributed by atoms with Crippen LogP contribution in [0.15, 0.2) is 36.4 Å². The second-order valence-corrected chi connectivity index (χ2v) is 9.98. The summed E-state index contributed by atoms with van der Waals surface area (Å²) in [6, 6.07) is 7.16. The highest BCUT2D eigenvalue weighted by atomic mass is 19.1. The number of aromatic hydroxyl groups is 2. The van der Waals surface area contributed by atoms with E-state index in [0.717, 1.165) is 12.1 Å². The number of phenolic OH excluding ortho intramolecular Hbond substituents is 2. The van der Waals surface area contributed by atoms with E-state index in [9.17, 15) is 38.2 Å². The van der Waals surface area contributed by atoms with Crippen LogP contribution in [0.3, 0.4) is 0 Å². The molecule has 0 aromatic heterocycles. The zero-order valence-electron chi connectivity index (χ0n) is 28.4. The summed E-state index contributed by atoms with van der Waals surface area (Å²) in [6.45, 7) is 10.5. The van der Waals surface area contributed by atoms with E-state index < -0.39 is 58.1 Å². The van der Waals surface area contributed by atoms with Crippen molar-refractivity contribution in [3.8, 4) is 23.0 Å². The quantitative estimate of drug-likeness (QED) is 0.0897. The van der Waals surface area contributed by atoms with Crippen molar-refractivity contribution in [1.29, 1.82) is 0 Å². The van der Waals surface area contributed by atoms with Crippen LogP contribution in [0.4, 0.5) is 8.78 Å². The molecule has 0 atom stereocenters. The average molecular weight is 701 g/mol. The lowest BCUT2D eigenvalue weighted by molar-refractivity contribution is 0.0471. The summed E-state index contributed by atoms with van der Waals surface area (Å²) < 4.78 is 58.5. The molecule has 0 saturated heterocycles. The fourth-order valence-corrected chi connectivity index (χ4v) is 5.01. The van der Waals surface area contributed by atoms with Gasteiger partial charge in [0.15, 0.2) is 0 Å². The number of carbonyl (C=O) groups is 4. The molecule has 4 aromatic rings. The number of hydrogen-bond donors (Lipinski definition) is 2. The summed E-state index contributed by atoms with van der Waals surface area (Å²) in [5.41, 5.74) is -1.28. The van der Waals surface area contributed by atoms with Gasteiger partial charge in [-0.05, 0) is 77.9 Å². The van der Waals surface area contributed by atoms with E-state index in [-0.39, 0.29) is 73.0 Å². The van der Waals surface area contributed by atoms with E-state index in [0.29, 0.717) is 10.8 Å². The van der Waals surface area contributed by atoms with Gasteiger partial charge in [-0.2, -0.15) is 0 Å². The van der Waals surface area contributed by atoms with Crippen molar-refractivity contribution in [1.82, 2.24) is 0 Å². The Hall–Kier alpha value is -5.66. The molecule has 0 heterocycles. The summed E-state index contributed by atoms with van der Waals surface area (Å²) in [7, 11) is 0. The topological polar surface area (TPSA) is 164 Å². The third-order valence-corrected chi connectivity index (χ3v) is 6.89. The van der Waals surface area contributed by atoms with Gasteiger partial charge in [-0.25, -0.2) is 28.0 Å². The fraction of sp³-hybridized carbons (Fsp3) is 0.333. The minimum Gasteiger partial charge on any atom is -0.506 e. The Morgan fingerprint density at radius 3 is 1.22 bits per heavy atom. The lowest BCUT2D eigenvalue weighted by Gasteiger charge is -2.20. The maximum Gasteiger partial charge on any atom is 0.342 e. The molecule has 2 N–H and O–H groups in total. The second kappa shape index (κ2) is 17.7. The van der Waals surface area contributed by atoms with E-state index in [4.69, 9.17) is 28.4 Å². The van der Waals surface area contributed by atoms with E-state index >= 15 is 0 Å². The number of hydrogen-bond acceptors (Lipinski definition) is 12. The lowest BCUT2D eigenvalue weighted by atomic mass is 9.97. The molecule has 4 aromatic carbocycles. The minimum atomic E-state index is -1.02. The van der Waals surface area contributed by atoms with Crippen molar-refractivity contribution in [2.75, 3.05) is 39.6 Å². The summed E-state index contributed by atoms with van der Waals surface area (Å²) in [5, 5.41) is 21.3. The van der Waals surface area contributed by atoms with Crippen LogP contribution in [0.2, 0.25) is 0 Å². The van der Waals surface area contributed by atoms with E-state index in [1.54, 1.807) is 41.5 Å². The zero-order valence-corrected chi connectivity index (χ0v) is 28.4. The van der Waals surface area contributed by atoms with Crippen LogP contribution in [-0.2, 0) is 18.9 Å². The Labute approximate surface area is 286 Å². The van der Waals surface area contributed by atoms with Gasteiger partial charge >= 0.3 is 23.9 Å². The summed E-state index contributed by atoms with van der Waals surface area (Å²) in [5.74, 6) is -5.74. The number of halogens is 2. The number of phenols is 2. The highest BCUT2D eigenvalue weighted by Gasteiger charge is 2.33. The molecule has 0 radical (unpaired) electrons. The smallest absolute Gasteiger partial charge is 0.342 e. The first-order valence-corrected chi connectivity index (χ1v) is 15.8. The van der Waals surface area contributed by atoms with Crippen molar-refractivity contribution < 1.29 is 66.6 Å². The van der Waals surface area contributed by atoms with Gasteiger partial charge in [0.1, 0.15) is 56.9 Å². The number of carbonyl (C=O) groups excluding carboxylic acids is 4. The van der Waals surface area contributed by atoms with Gasteiger partial charge in [-0.15, -0.1) is 0 Å². The number of esters is 4. The first kappa shape index (κ1) is 38.8. The van der Waals surface area contributed by atoms with Crippen LogP contribution in [-0.4, -0.2) is 73.7 Å². The Bertz CT molecular complexity index is 1900. The van der Waals surface area contributed by atoms with Crippen molar-refractivity contribution >= 4 is 45.4 Å². The average Bonchev–Trinajstić information content (AvgIpc) is 3.07. The minimum absolute atomic E-state index is 0.00273. The van der Waals surface area contributed by atoms with Gasteiger partial charge in [-0.3, -0.25) is 0 Å². The largest absolute Gasteiger partial charge is 0.506 e. The molecule has 4 rings (SSSR count). The zero-order chi connectivity index (χ0) is 37.1. The first-order valence-electron chi connectivity index (χ1n) is 15.8. The molecule has 0 aliphatic heterocycles. The third-order valence-electron chi connectivity index (χ3n) is 6.89. The normalized spacial score (nSPS) is 10.6. The third kappa shape index (κ3) is 8.13. The highest BCUT2D eigenvalue weighted by molar-refractivity contribution is 6.15. The van der Waals surface area contributed by atoms with Gasteiger partial charge < -0.3 is 38.6 Å². The van der Waals surface area contributed by atoms with Gasteiger partial charge in [0.25, 0.3) is 0 Å². The molecule has 12 nitrogen and oxygen atoms in total. The van der Waals surface area contributed by atoms with Crippen LogP contribution in [0.1, 0.15) is 83.0 Å². The van der Waals surface area contributed by atoms with E-state index in [1.807, 2.05) is 0 Å². The number of ether oxygens (including phenoxy) is 6. The standard InChI is InChI=1S/C20H23FO6.C16H15FO6/c1-5-24-17-13-10-9-12(21)11-14(13)18(25-6-2)16(20(23)27-8-4)15(17)19(22)26-7-3;1-3-22-15(20)11-12(16(21)23-4-2)14(19)10-7-8(17)5-6-9(10)13(11)18/h9-11H,5-8H2,1-4H3;5-7,18-19H,3-4H2,1-2H3. The molecule has 0 saturated carbocycles. The lowest BCUT2D eigenvalue weighted by Crippen LogP contribution is -2.18. The van der Waals surface area contributed by atoms with E-state index in [2.05, 4.69) is 0 Å². The van der Waals surface area contributed by atoms with Gasteiger partial charge in [0, 0.05) is 21.5 Å². The molecule has 0 aliphatic rings. The molecule has 0 unspecified atom stereocenters. The molecule has 0 bridgehead atoms. The summed E-state index contributed by atoms with van der Waals surface area (Å²) in [6.07, 6.45) is 0. The van der Waals surface area contributed by atoms with Crippen molar-refractivity contribution in [3.63, 3.8) is 0 Å². The Kier molecular flexibility index (Phi) is 13.7. The molecule has 0 amide bonds. The monoisotopic (exact) mass is 700 g/mol. The number of fused-ring (bicyclic) bond motifs is 2. The second-order valence-electron chi connectivity index (χ2n) is 9.98. The van der Waals surface area contributed by atoms with Crippen molar-refractivity contribution in [2.45, 2.75) is 41.5 Å². The van der Waals surface area contributed by atoms with Gasteiger partial charge in [0.05, 0.1) is 39.6 Å². The molecule has 14 heteroatoms. The first-order chi connectivity index (χ1) is 23.9. The summed E-state index contributed by atoms with van der Waals surface area (Å²) >= 11 is 0. The Balaban J connectivity index is 0.000000274. The van der Waals surface area contributed by atoms with Crippen LogP contribution in [0.25, 0.3) is 21.5 Å². The molecular formula is C36H38F2O12. The Morgan fingerprint density at radius 2 is 0.820 bits per heavy atom. The molecule has 0 aliphatic carbocycles. The fourth-order valence-electron chi connectivity index (χ4n) is 5.01. The highest BCUT2D eigenvalue weighted by Crippen LogP contribution is 2.43. The maximum atomic E-state index is 13.9. The summed E-state index contributed by atoms with van der Waals surface area (Å²) in [4.78, 5) is 49.6. The van der Waals surface area contributed by atoms with Crippen molar-refractivity contribution in [3.05, 3.63) is 70.3 Å². The maximum absolute atomic E-state index is 13.9. The number of benzene rings is 4. The predicted molar refractivity (Wildman–Crippen MR) is 177 cm³/mol. The molecule has 50 heavy (non-hydrogen) atoms. The SMILES string of the molecule is CCOC(=O)c1c(C(=O)OCC)c(O)c2cc(F)ccc2c1O.CCOC(=O)c1c(C(=O)OCC)c(OCC)c2cc(F)ccc2c1OCC. The van der Waals surface area contributed by atoms with E-state index in [1.165, 1.54) is 24.3 Å². The van der Waals surface area contributed by atoms with Gasteiger partial charge in [0.2, 0.25) is 0 Å². The van der Waals surface area contributed by atoms with Crippen LogP contribution >= 0.6 is 0 Å².